The molecule has 3 aliphatic rings. The third-order valence-electron chi connectivity index (χ3n) is 8.39. The van der Waals surface area contributed by atoms with Crippen LogP contribution in [0.2, 0.25) is 0 Å². The van der Waals surface area contributed by atoms with Crippen molar-refractivity contribution >= 4 is 11.8 Å². The van der Waals surface area contributed by atoms with Crippen LogP contribution in [0.1, 0.15) is 43.0 Å². The van der Waals surface area contributed by atoms with Crippen LogP contribution in [-0.2, 0) is 4.79 Å². The van der Waals surface area contributed by atoms with Crippen molar-refractivity contribution in [3.05, 3.63) is 66.5 Å². The summed E-state index contributed by atoms with van der Waals surface area (Å²) < 4.78 is 13.4. The molecule has 1 saturated carbocycles. The van der Waals surface area contributed by atoms with Crippen molar-refractivity contribution in [3.8, 4) is 11.4 Å². The normalized spacial score (nSPS) is 25.3. The highest BCUT2D eigenvalue weighted by molar-refractivity contribution is 5.97. The fourth-order valence-electron chi connectivity index (χ4n) is 5.65. The van der Waals surface area contributed by atoms with E-state index < -0.39 is 6.04 Å². The maximum absolute atomic E-state index is 13.5. The summed E-state index contributed by atoms with van der Waals surface area (Å²) in [4.78, 5) is 42.9. The second-order valence-corrected chi connectivity index (χ2v) is 11.4. The van der Waals surface area contributed by atoms with E-state index in [9.17, 15) is 14.0 Å². The number of hydrogen-bond donors (Lipinski definition) is 2. The lowest BCUT2D eigenvalue weighted by atomic mass is 9.78. The van der Waals surface area contributed by atoms with Crippen molar-refractivity contribution in [3.63, 3.8) is 0 Å². The lowest BCUT2D eigenvalue weighted by molar-refractivity contribution is -0.135. The summed E-state index contributed by atoms with van der Waals surface area (Å²) in [6, 6.07) is 6.84. The first-order valence-electron chi connectivity index (χ1n) is 14.1. The standard InChI is InChI=1S/C30H38FN7O2/c1-30(11-9-23(31)10-12-30)24-18-26(24)33-13-3-4-25(29(40)38-16-14-37(2)15-17-38)36-28(39)22-7-5-21(6-8-22)27-34-19-32-20-35-27/h5-11,19-20,24-26,33H,3-4,12-18H2,1-2H3,(H,36,39)/t24-,25+,26-,30?/m1/s1. The van der Waals surface area contributed by atoms with Gasteiger partial charge in [0.25, 0.3) is 5.91 Å². The zero-order chi connectivity index (χ0) is 28.1. The van der Waals surface area contributed by atoms with Crippen LogP contribution in [0.15, 0.2) is 61.0 Å². The van der Waals surface area contributed by atoms with E-state index in [2.05, 4.69) is 44.5 Å². The monoisotopic (exact) mass is 547 g/mol. The Morgan fingerprint density at radius 2 is 1.85 bits per heavy atom. The number of aromatic nitrogens is 3. The van der Waals surface area contributed by atoms with E-state index in [0.29, 0.717) is 42.9 Å². The Labute approximate surface area is 235 Å². The molecule has 10 heteroatoms. The van der Waals surface area contributed by atoms with Crippen LogP contribution < -0.4 is 10.6 Å². The Morgan fingerprint density at radius 3 is 2.52 bits per heavy atom. The molecule has 2 aromatic rings. The molecule has 1 aromatic heterocycles. The molecular weight excluding hydrogens is 509 g/mol. The third kappa shape index (κ3) is 6.79. The highest BCUT2D eigenvalue weighted by atomic mass is 19.1. The average Bonchev–Trinajstić information content (AvgIpc) is 3.77. The van der Waals surface area contributed by atoms with Gasteiger partial charge in [-0.1, -0.05) is 25.1 Å². The summed E-state index contributed by atoms with van der Waals surface area (Å²) in [5, 5.41) is 6.63. The predicted molar refractivity (Wildman–Crippen MR) is 151 cm³/mol. The average molecular weight is 548 g/mol. The van der Waals surface area contributed by atoms with E-state index in [0.717, 1.165) is 44.5 Å². The third-order valence-corrected chi connectivity index (χ3v) is 8.39. The molecule has 2 aliphatic carbocycles. The number of piperazine rings is 1. The molecule has 5 rings (SSSR count). The van der Waals surface area contributed by atoms with Crippen LogP contribution in [-0.4, -0.2) is 88.4 Å². The zero-order valence-corrected chi connectivity index (χ0v) is 23.2. The van der Waals surface area contributed by atoms with Crippen LogP contribution in [0.5, 0.6) is 0 Å². The van der Waals surface area contributed by atoms with Gasteiger partial charge in [-0.05, 0) is 74.9 Å². The van der Waals surface area contributed by atoms with Gasteiger partial charge >= 0.3 is 0 Å². The molecule has 2 N–H and O–H groups in total. The molecule has 1 aliphatic heterocycles. The van der Waals surface area contributed by atoms with Crippen molar-refractivity contribution in [2.45, 2.75) is 44.7 Å². The Bertz CT molecular complexity index is 1240. The van der Waals surface area contributed by atoms with Gasteiger partial charge in [-0.3, -0.25) is 9.59 Å². The maximum atomic E-state index is 13.5. The van der Waals surface area contributed by atoms with Gasteiger partial charge in [0.1, 0.15) is 24.5 Å². The van der Waals surface area contributed by atoms with E-state index in [4.69, 9.17) is 0 Å². The smallest absolute Gasteiger partial charge is 0.251 e. The van der Waals surface area contributed by atoms with Crippen molar-refractivity contribution in [1.82, 2.24) is 35.4 Å². The van der Waals surface area contributed by atoms with Gasteiger partial charge in [0.05, 0.1) is 0 Å². The quantitative estimate of drug-likeness (QED) is 0.441. The summed E-state index contributed by atoms with van der Waals surface area (Å²) in [6.45, 7) is 5.91. The molecule has 0 spiro atoms. The molecular formula is C30H38FN7O2. The number of carbonyl (C=O) groups excluding carboxylic acids is 2. The van der Waals surface area contributed by atoms with Crippen molar-refractivity contribution < 1.29 is 14.0 Å². The number of allylic oxidation sites excluding steroid dienone is 4. The second kappa shape index (κ2) is 12.3. The predicted octanol–water partition coefficient (Wildman–Crippen LogP) is 2.99. The van der Waals surface area contributed by atoms with Crippen molar-refractivity contribution in [2.75, 3.05) is 39.8 Å². The molecule has 9 nitrogen and oxygen atoms in total. The van der Waals surface area contributed by atoms with Crippen molar-refractivity contribution in [1.29, 1.82) is 0 Å². The highest BCUT2D eigenvalue weighted by Crippen LogP contribution is 2.50. The minimum absolute atomic E-state index is 0.0137. The fraction of sp³-hybridized carbons (Fsp3) is 0.500. The Morgan fingerprint density at radius 1 is 1.12 bits per heavy atom. The maximum Gasteiger partial charge on any atom is 0.251 e. The van der Waals surface area contributed by atoms with Crippen LogP contribution >= 0.6 is 0 Å². The summed E-state index contributed by atoms with van der Waals surface area (Å²) in [6.07, 6.45) is 11.2. The van der Waals surface area contributed by atoms with E-state index in [1.54, 1.807) is 36.4 Å². The SMILES string of the molecule is CN1CCN(C(=O)[C@H](CCCN[C@@H]2C[C@H]2C2(C)C=CC(F)=CC2)NC(=O)c2ccc(-c3ncncn3)cc2)CC1. The number of hydrogen-bond acceptors (Lipinski definition) is 7. The number of amides is 2. The molecule has 2 fully saturated rings. The molecule has 2 heterocycles. The van der Waals surface area contributed by atoms with Gasteiger partial charge in [-0.15, -0.1) is 0 Å². The van der Waals surface area contributed by atoms with Gasteiger partial charge in [0.15, 0.2) is 5.82 Å². The van der Waals surface area contributed by atoms with E-state index in [-0.39, 0.29) is 23.1 Å². The zero-order valence-electron chi connectivity index (χ0n) is 23.2. The first kappa shape index (κ1) is 28.0. The molecule has 1 saturated heterocycles. The molecule has 2 amide bonds. The molecule has 1 aromatic carbocycles. The number of nitrogens with zero attached hydrogens (tertiary/aromatic N) is 5. The van der Waals surface area contributed by atoms with Crippen LogP contribution in [0, 0.1) is 11.3 Å². The summed E-state index contributed by atoms with van der Waals surface area (Å²) in [5.41, 5.74) is 1.25. The number of likely N-dealkylation sites (N-methyl/N-ethyl adjacent to an activating group) is 1. The van der Waals surface area contributed by atoms with E-state index >= 15 is 0 Å². The molecule has 0 radical (unpaired) electrons. The summed E-state index contributed by atoms with van der Waals surface area (Å²) in [7, 11) is 2.05. The number of nitrogens with one attached hydrogen (secondary N) is 2. The largest absolute Gasteiger partial charge is 0.340 e. The van der Waals surface area contributed by atoms with Gasteiger partial charge in [0, 0.05) is 43.3 Å². The van der Waals surface area contributed by atoms with Gasteiger partial charge in [0.2, 0.25) is 5.91 Å². The minimum Gasteiger partial charge on any atom is -0.340 e. The minimum atomic E-state index is -0.595. The van der Waals surface area contributed by atoms with Crippen LogP contribution in [0.4, 0.5) is 4.39 Å². The molecule has 40 heavy (non-hydrogen) atoms. The lowest BCUT2D eigenvalue weighted by Gasteiger charge is -2.35. The molecule has 4 atom stereocenters. The van der Waals surface area contributed by atoms with E-state index in [1.807, 2.05) is 11.0 Å². The Balaban J connectivity index is 1.16. The summed E-state index contributed by atoms with van der Waals surface area (Å²) in [5.74, 6) is 0.562. The number of halogens is 1. The Hall–Kier alpha value is -3.50. The number of carbonyl (C=O) groups is 2. The second-order valence-electron chi connectivity index (χ2n) is 11.4. The van der Waals surface area contributed by atoms with E-state index in [1.165, 1.54) is 12.7 Å². The van der Waals surface area contributed by atoms with Crippen LogP contribution in [0.25, 0.3) is 11.4 Å². The first-order chi connectivity index (χ1) is 19.3. The highest BCUT2D eigenvalue weighted by Gasteiger charge is 2.48. The van der Waals surface area contributed by atoms with Gasteiger partial charge < -0.3 is 20.4 Å². The topological polar surface area (TPSA) is 103 Å². The number of rotatable bonds is 10. The first-order valence-corrected chi connectivity index (χ1v) is 14.1. The molecule has 212 valence electrons. The van der Waals surface area contributed by atoms with Crippen LogP contribution in [0.3, 0.4) is 0 Å². The fourth-order valence-corrected chi connectivity index (χ4v) is 5.65. The van der Waals surface area contributed by atoms with Gasteiger partial charge in [-0.2, -0.15) is 0 Å². The van der Waals surface area contributed by atoms with Crippen molar-refractivity contribution in [2.24, 2.45) is 11.3 Å². The Kier molecular flexibility index (Phi) is 8.66. The number of benzene rings is 1. The van der Waals surface area contributed by atoms with Gasteiger partial charge in [-0.25, -0.2) is 19.3 Å². The lowest BCUT2D eigenvalue weighted by Crippen LogP contribution is -2.54. The summed E-state index contributed by atoms with van der Waals surface area (Å²) >= 11 is 0. The molecule has 1 unspecified atom stereocenters. The molecule has 0 bridgehead atoms.